The molecule has 8 nitrogen and oxygen atoms in total. The molecular weight excluding hydrogens is 508 g/mol. The lowest BCUT2D eigenvalue weighted by atomic mass is 10.2. The van der Waals surface area contributed by atoms with E-state index in [4.69, 9.17) is 15.1 Å². The molecule has 4 heterocycles. The van der Waals surface area contributed by atoms with Crippen molar-refractivity contribution in [3.8, 4) is 0 Å². The highest BCUT2D eigenvalue weighted by Gasteiger charge is 2.30. The molecule has 0 atom stereocenters. The maximum atomic E-state index is 13.5. The van der Waals surface area contributed by atoms with E-state index in [1.807, 2.05) is 13.0 Å². The average Bonchev–Trinajstić information content (AvgIpc) is 3.30. The quantitative estimate of drug-likeness (QED) is 0.284. The van der Waals surface area contributed by atoms with Gasteiger partial charge in [0.05, 0.1) is 11.2 Å². The van der Waals surface area contributed by atoms with Gasteiger partial charge in [-0.1, -0.05) is 27.0 Å². The first-order valence-corrected chi connectivity index (χ1v) is 12.2. The van der Waals surface area contributed by atoms with Crippen LogP contribution >= 0.6 is 15.9 Å². The van der Waals surface area contributed by atoms with E-state index in [2.05, 4.69) is 15.9 Å². The van der Waals surface area contributed by atoms with Crippen LogP contribution in [-0.2, 0) is 16.4 Å². The summed E-state index contributed by atoms with van der Waals surface area (Å²) in [6, 6.07) is 14.6. The second kappa shape index (κ2) is 7.82. The van der Waals surface area contributed by atoms with Gasteiger partial charge in [0.2, 0.25) is 21.3 Å². The van der Waals surface area contributed by atoms with Gasteiger partial charge in [-0.2, -0.15) is 0 Å². The summed E-state index contributed by atoms with van der Waals surface area (Å²) >= 11 is 3.31. The number of benzene rings is 1. The molecule has 2 N–H and O–H groups in total. The summed E-state index contributed by atoms with van der Waals surface area (Å²) in [5.41, 5.74) is 7.58. The van der Waals surface area contributed by atoms with Gasteiger partial charge in [-0.25, -0.2) is 13.0 Å². The summed E-state index contributed by atoms with van der Waals surface area (Å²) in [6.45, 7) is 1.95. The van der Waals surface area contributed by atoms with E-state index in [1.54, 1.807) is 36.5 Å². The number of fused-ring (bicyclic) bond motifs is 2. The van der Waals surface area contributed by atoms with Crippen molar-refractivity contribution in [1.82, 2.24) is 9.38 Å². The fraction of sp³-hybridized carbons (Fsp3) is 0.0870. The van der Waals surface area contributed by atoms with Crippen LogP contribution in [-0.4, -0.2) is 17.8 Å². The molecule has 0 bridgehead atoms. The zero-order valence-corrected chi connectivity index (χ0v) is 19.8. The van der Waals surface area contributed by atoms with Crippen LogP contribution in [0, 0.1) is 6.92 Å². The molecule has 0 saturated carbocycles. The lowest BCUT2D eigenvalue weighted by Gasteiger charge is -2.12. The zero-order valence-electron chi connectivity index (χ0n) is 17.4. The largest absolute Gasteiger partial charge is 0.466 e. The van der Waals surface area contributed by atoms with Crippen LogP contribution < -0.4 is 15.9 Å². The van der Waals surface area contributed by atoms with Crippen LogP contribution in [0.15, 0.2) is 90.5 Å². The summed E-state index contributed by atoms with van der Waals surface area (Å²) < 4.78 is 36.2. The number of nitrogens with zero attached hydrogens (tertiary/aromatic N) is 3. The van der Waals surface area contributed by atoms with Gasteiger partial charge in [0, 0.05) is 16.2 Å². The van der Waals surface area contributed by atoms with Gasteiger partial charge in [0.15, 0.2) is 0 Å². The lowest BCUT2D eigenvalue weighted by molar-refractivity contribution is -0.653. The van der Waals surface area contributed by atoms with Crippen LogP contribution in [0.3, 0.4) is 0 Å². The van der Waals surface area contributed by atoms with Crippen molar-refractivity contribution < 1.29 is 17.4 Å². The molecule has 1 aromatic carbocycles. The number of nitrogen functional groups attached to an aromatic ring is 1. The Hall–Kier alpha value is -3.50. The molecule has 0 amide bonds. The van der Waals surface area contributed by atoms with Crippen molar-refractivity contribution in [2.75, 3.05) is 5.73 Å². The van der Waals surface area contributed by atoms with Gasteiger partial charge in [-0.3, -0.25) is 9.20 Å². The second-order valence-corrected chi connectivity index (χ2v) is 10.4. The third kappa shape index (κ3) is 3.51. The highest BCUT2D eigenvalue weighted by atomic mass is 79.9. The SMILES string of the molecule is Cc1cccn2c(=O)c3cc(S(=O)(=O)c4ccc(Br)cc4)c(N)[n+](Cc4ccco4)c3nc12. The van der Waals surface area contributed by atoms with Crippen LogP contribution in [0.2, 0.25) is 0 Å². The molecule has 5 rings (SSSR count). The van der Waals surface area contributed by atoms with Crippen LogP contribution in [0.5, 0.6) is 0 Å². The summed E-state index contributed by atoms with van der Waals surface area (Å²) in [6.07, 6.45) is 3.12. The van der Waals surface area contributed by atoms with Crippen molar-refractivity contribution in [3.05, 3.63) is 93.2 Å². The Balaban J connectivity index is 1.89. The molecule has 166 valence electrons. The normalized spacial score (nSPS) is 11.9. The number of halogens is 1. The predicted molar refractivity (Wildman–Crippen MR) is 126 cm³/mol. The lowest BCUT2D eigenvalue weighted by Crippen LogP contribution is -2.42. The highest BCUT2D eigenvalue weighted by molar-refractivity contribution is 9.10. The molecule has 0 saturated heterocycles. The monoisotopic (exact) mass is 525 g/mol. The molecule has 4 aromatic heterocycles. The number of pyridine rings is 2. The summed E-state index contributed by atoms with van der Waals surface area (Å²) in [5.74, 6) is 0.504. The van der Waals surface area contributed by atoms with Crippen molar-refractivity contribution >= 4 is 48.3 Å². The fourth-order valence-electron chi connectivity index (χ4n) is 3.76. The first kappa shape index (κ1) is 21.4. The number of hydrogen-bond donors (Lipinski definition) is 1. The zero-order chi connectivity index (χ0) is 23.3. The van der Waals surface area contributed by atoms with E-state index < -0.39 is 9.84 Å². The first-order chi connectivity index (χ1) is 15.8. The summed E-state index contributed by atoms with van der Waals surface area (Å²) in [4.78, 5) is 18.0. The molecule has 5 aromatic rings. The fourth-order valence-corrected chi connectivity index (χ4v) is 5.43. The maximum Gasteiger partial charge on any atom is 0.278 e. The van der Waals surface area contributed by atoms with Gasteiger partial charge in [-0.05, 0) is 55.5 Å². The van der Waals surface area contributed by atoms with Gasteiger partial charge in [0.1, 0.15) is 22.6 Å². The standard InChI is InChI=1S/C23H17BrN4O4S/c1-14-4-2-10-27-21(14)26-22-18(23(27)29)12-19(20(25)28(22)13-16-5-3-11-32-16)33(30,31)17-8-6-15(24)7-9-17/h2-12,25H,13H2,1H3/p+1. The van der Waals surface area contributed by atoms with E-state index >= 15 is 0 Å². The average molecular weight is 526 g/mol. The summed E-state index contributed by atoms with van der Waals surface area (Å²) in [7, 11) is -4.03. The van der Waals surface area contributed by atoms with E-state index in [0.29, 0.717) is 11.4 Å². The number of sulfone groups is 1. The number of rotatable bonds is 4. The molecule has 0 radical (unpaired) electrons. The molecule has 0 unspecified atom stereocenters. The molecular formula is C23H18BrN4O4S+. The Labute approximate surface area is 197 Å². The van der Waals surface area contributed by atoms with Gasteiger partial charge in [-0.15, -0.1) is 0 Å². The Morgan fingerprint density at radius 2 is 1.91 bits per heavy atom. The number of nitrogens with two attached hydrogens (primary N) is 1. The Bertz CT molecular complexity index is 1690. The van der Waals surface area contributed by atoms with Gasteiger partial charge >= 0.3 is 0 Å². The smallest absolute Gasteiger partial charge is 0.278 e. The third-order valence-electron chi connectivity index (χ3n) is 5.45. The molecule has 0 spiro atoms. The Kier molecular flexibility index (Phi) is 5.06. The van der Waals surface area contributed by atoms with E-state index in [0.717, 1.165) is 10.0 Å². The number of aromatic nitrogens is 3. The molecule has 10 heteroatoms. The van der Waals surface area contributed by atoms with Crippen LogP contribution in [0.25, 0.3) is 16.7 Å². The third-order valence-corrected chi connectivity index (χ3v) is 7.77. The van der Waals surface area contributed by atoms with Crippen molar-refractivity contribution in [1.29, 1.82) is 0 Å². The minimum absolute atomic E-state index is 0.0355. The topological polar surface area (TPSA) is 112 Å². The molecule has 0 aliphatic heterocycles. The number of aryl methyl sites for hydroxylation is 1. The first-order valence-electron chi connectivity index (χ1n) is 9.94. The highest BCUT2D eigenvalue weighted by Crippen LogP contribution is 2.27. The van der Waals surface area contributed by atoms with Crippen LogP contribution in [0.4, 0.5) is 5.82 Å². The van der Waals surface area contributed by atoms with E-state index in [9.17, 15) is 13.2 Å². The maximum absolute atomic E-state index is 13.5. The van der Waals surface area contributed by atoms with Gasteiger partial charge < -0.3 is 10.2 Å². The van der Waals surface area contributed by atoms with Crippen LogP contribution in [0.1, 0.15) is 11.3 Å². The minimum Gasteiger partial charge on any atom is -0.466 e. The Morgan fingerprint density at radius 3 is 2.61 bits per heavy atom. The number of hydrogen-bond acceptors (Lipinski definition) is 6. The second-order valence-electron chi connectivity index (χ2n) is 7.56. The summed E-state index contributed by atoms with van der Waals surface area (Å²) in [5, 5.41) is 0.134. The molecule has 0 aliphatic carbocycles. The molecule has 0 aliphatic rings. The molecule has 0 fully saturated rings. The van der Waals surface area contributed by atoms with Crippen molar-refractivity contribution in [3.63, 3.8) is 0 Å². The minimum atomic E-state index is -4.03. The predicted octanol–water partition coefficient (Wildman–Crippen LogP) is 3.26. The number of anilines is 1. The van der Waals surface area contributed by atoms with Crippen molar-refractivity contribution in [2.24, 2.45) is 0 Å². The van der Waals surface area contributed by atoms with Crippen molar-refractivity contribution in [2.45, 2.75) is 23.3 Å². The van der Waals surface area contributed by atoms with E-state index in [1.165, 1.54) is 33.4 Å². The van der Waals surface area contributed by atoms with E-state index in [-0.39, 0.29) is 38.7 Å². The number of furan rings is 1. The van der Waals surface area contributed by atoms with Gasteiger partial charge in [0.25, 0.3) is 11.2 Å². The Morgan fingerprint density at radius 1 is 1.15 bits per heavy atom. The molecule has 33 heavy (non-hydrogen) atoms.